The fraction of sp³-hybridized carbons (Fsp3) is 0.405. The van der Waals surface area contributed by atoms with Gasteiger partial charge >= 0.3 is 0 Å². The van der Waals surface area contributed by atoms with Crippen LogP contribution in [-0.2, 0) is 16.0 Å². The quantitative estimate of drug-likeness (QED) is 0.168. The Morgan fingerprint density at radius 3 is 2.25 bits per heavy atom. The van der Waals surface area contributed by atoms with Crippen LogP contribution in [-0.4, -0.2) is 57.7 Å². The van der Waals surface area contributed by atoms with Crippen LogP contribution in [0.3, 0.4) is 0 Å². The topological polar surface area (TPSA) is 115 Å². The maximum absolute atomic E-state index is 14.6. The molecule has 4 aromatic rings. The highest BCUT2D eigenvalue weighted by molar-refractivity contribution is 5.93. The second kappa shape index (κ2) is 15.6. The van der Waals surface area contributed by atoms with Crippen molar-refractivity contribution in [2.75, 3.05) is 40.3 Å². The average molecular weight is 708 g/mol. The number of ether oxygens (including phenoxy) is 4. The largest absolute Gasteiger partial charge is 0.496 e. The van der Waals surface area contributed by atoms with Crippen LogP contribution >= 0.6 is 0 Å². The molecule has 1 unspecified atom stereocenters. The van der Waals surface area contributed by atoms with Crippen molar-refractivity contribution in [3.8, 4) is 34.1 Å². The number of nitrogens with zero attached hydrogens (tertiary/aromatic N) is 1. The van der Waals surface area contributed by atoms with Gasteiger partial charge in [0, 0.05) is 24.4 Å². The lowest BCUT2D eigenvalue weighted by Gasteiger charge is -2.31. The van der Waals surface area contributed by atoms with E-state index in [-0.39, 0.29) is 29.2 Å². The normalized spacial score (nSPS) is 17.1. The van der Waals surface area contributed by atoms with Gasteiger partial charge in [0.05, 0.1) is 46.2 Å². The molecular formula is C42H49N3O7. The van der Waals surface area contributed by atoms with E-state index >= 15 is 0 Å². The number of benzene rings is 3. The second-order valence-corrected chi connectivity index (χ2v) is 14.0. The Morgan fingerprint density at radius 2 is 1.58 bits per heavy atom. The number of fused-ring (bicyclic) bond motifs is 4. The van der Waals surface area contributed by atoms with Gasteiger partial charge < -0.3 is 34.5 Å². The summed E-state index contributed by atoms with van der Waals surface area (Å²) >= 11 is 0. The minimum absolute atomic E-state index is 0.0384. The number of rotatable bonds is 11. The van der Waals surface area contributed by atoms with Gasteiger partial charge in [-0.3, -0.25) is 14.4 Å². The monoisotopic (exact) mass is 707 g/mol. The molecule has 2 aliphatic rings. The molecule has 52 heavy (non-hydrogen) atoms. The second-order valence-electron chi connectivity index (χ2n) is 14.0. The first kappa shape index (κ1) is 36.5. The zero-order valence-electron chi connectivity index (χ0n) is 31.1. The van der Waals surface area contributed by atoms with Crippen molar-refractivity contribution < 1.29 is 28.5 Å². The predicted molar refractivity (Wildman–Crippen MR) is 204 cm³/mol. The third-order valence-electron chi connectivity index (χ3n) is 10.3. The lowest BCUT2D eigenvalue weighted by Crippen LogP contribution is -2.44. The summed E-state index contributed by atoms with van der Waals surface area (Å²) in [6.45, 7) is 6.26. The third-order valence-corrected chi connectivity index (χ3v) is 10.3. The molecule has 1 saturated heterocycles. The molecule has 0 radical (unpaired) electrons. The van der Waals surface area contributed by atoms with E-state index in [9.17, 15) is 14.4 Å². The summed E-state index contributed by atoms with van der Waals surface area (Å²) in [4.78, 5) is 43.2. The van der Waals surface area contributed by atoms with Gasteiger partial charge in [0.15, 0.2) is 11.5 Å². The molecule has 1 aliphatic carbocycles. The van der Waals surface area contributed by atoms with E-state index in [1.807, 2.05) is 41.3 Å². The first-order chi connectivity index (χ1) is 25.1. The lowest BCUT2D eigenvalue weighted by atomic mass is 9.95. The van der Waals surface area contributed by atoms with E-state index in [2.05, 4.69) is 36.6 Å². The number of hydrogen-bond donors (Lipinski definition) is 2. The molecule has 0 bridgehead atoms. The fourth-order valence-electron chi connectivity index (χ4n) is 8.02. The molecule has 3 atom stereocenters. The molecule has 1 aliphatic heterocycles. The maximum atomic E-state index is 14.6. The summed E-state index contributed by atoms with van der Waals surface area (Å²) in [5.74, 6) is 2.18. The molecule has 2 amide bonds. The molecule has 2 N–H and O–H groups in total. The Hall–Kier alpha value is -5.25. The van der Waals surface area contributed by atoms with Gasteiger partial charge in [-0.15, -0.1) is 0 Å². The van der Waals surface area contributed by atoms with Gasteiger partial charge in [0.2, 0.25) is 23.0 Å². The Balaban J connectivity index is 1.42. The van der Waals surface area contributed by atoms with Crippen LogP contribution in [0.4, 0.5) is 5.69 Å². The van der Waals surface area contributed by atoms with Crippen molar-refractivity contribution in [1.29, 1.82) is 0 Å². The Morgan fingerprint density at radius 1 is 0.846 bits per heavy atom. The minimum Gasteiger partial charge on any atom is -0.496 e. The molecule has 0 saturated carbocycles. The minimum atomic E-state index is -0.641. The van der Waals surface area contributed by atoms with Crippen LogP contribution in [0, 0.1) is 5.92 Å². The van der Waals surface area contributed by atoms with Crippen LogP contribution in [0.5, 0.6) is 23.0 Å². The van der Waals surface area contributed by atoms with Crippen molar-refractivity contribution in [1.82, 2.24) is 10.2 Å². The van der Waals surface area contributed by atoms with Crippen molar-refractivity contribution in [2.45, 2.75) is 71.0 Å². The van der Waals surface area contributed by atoms with E-state index in [1.165, 1.54) is 6.92 Å². The third kappa shape index (κ3) is 6.98. The van der Waals surface area contributed by atoms with Gasteiger partial charge in [-0.1, -0.05) is 50.2 Å². The summed E-state index contributed by atoms with van der Waals surface area (Å²) in [6.07, 6.45) is 3.40. The average Bonchev–Trinajstić information content (AvgIpc) is 3.51. The summed E-state index contributed by atoms with van der Waals surface area (Å²) < 4.78 is 23.0. The Labute approximate surface area is 305 Å². The highest BCUT2D eigenvalue weighted by Crippen LogP contribution is 2.50. The van der Waals surface area contributed by atoms with Crippen LogP contribution in [0.1, 0.15) is 75.2 Å². The van der Waals surface area contributed by atoms with Gasteiger partial charge in [0.1, 0.15) is 11.8 Å². The van der Waals surface area contributed by atoms with Gasteiger partial charge in [-0.2, -0.15) is 0 Å². The summed E-state index contributed by atoms with van der Waals surface area (Å²) in [7, 11) is 6.38. The summed E-state index contributed by atoms with van der Waals surface area (Å²) in [6, 6.07) is 18.1. The SMILES string of the molecule is COc1cc2c(c(OC)c1OC)-c1ccc(N[C@@H](CC(C)C)C(=O)N3CCCC3c3ccc(OC)c4ccccc34)c(=O)cc1[C@@H](NC(C)=O)CC2. The molecule has 10 nitrogen and oxygen atoms in total. The number of carbonyl (C=O) groups is 2. The molecule has 10 heteroatoms. The number of nitrogens with one attached hydrogen (secondary N) is 2. The highest BCUT2D eigenvalue weighted by Gasteiger charge is 2.36. The first-order valence-electron chi connectivity index (χ1n) is 18.0. The zero-order chi connectivity index (χ0) is 37.1. The number of aryl methyl sites for hydroxylation is 1. The van der Waals surface area contributed by atoms with Crippen LogP contribution in [0.25, 0.3) is 21.9 Å². The van der Waals surface area contributed by atoms with Crippen molar-refractivity contribution in [3.05, 3.63) is 87.6 Å². The number of anilines is 1. The van der Waals surface area contributed by atoms with E-state index < -0.39 is 12.1 Å². The number of hydrogen-bond acceptors (Lipinski definition) is 8. The molecule has 4 aromatic carbocycles. The molecule has 274 valence electrons. The van der Waals surface area contributed by atoms with Gasteiger partial charge in [-0.05, 0) is 89.9 Å². The summed E-state index contributed by atoms with van der Waals surface area (Å²) in [5.41, 5.74) is 4.22. The molecule has 1 fully saturated rings. The van der Waals surface area contributed by atoms with Crippen molar-refractivity contribution in [2.24, 2.45) is 5.92 Å². The van der Waals surface area contributed by atoms with Gasteiger partial charge in [-0.25, -0.2) is 0 Å². The number of likely N-dealkylation sites (tertiary alicyclic amines) is 1. The Kier molecular flexibility index (Phi) is 10.9. The highest BCUT2D eigenvalue weighted by atomic mass is 16.5. The van der Waals surface area contributed by atoms with Crippen LogP contribution < -0.4 is 35.0 Å². The predicted octanol–water partition coefficient (Wildman–Crippen LogP) is 7.22. The smallest absolute Gasteiger partial charge is 0.245 e. The zero-order valence-corrected chi connectivity index (χ0v) is 31.1. The van der Waals surface area contributed by atoms with Gasteiger partial charge in [0.25, 0.3) is 0 Å². The number of methoxy groups -OCH3 is 4. The number of amides is 2. The molecule has 6 rings (SSSR count). The molecule has 1 heterocycles. The number of carbonyl (C=O) groups excluding carboxylic acids is 2. The first-order valence-corrected chi connectivity index (χ1v) is 18.0. The molecular weight excluding hydrogens is 658 g/mol. The maximum Gasteiger partial charge on any atom is 0.245 e. The van der Waals surface area contributed by atoms with Crippen LogP contribution in [0.2, 0.25) is 0 Å². The van der Waals surface area contributed by atoms with Crippen LogP contribution in [0.15, 0.2) is 65.5 Å². The molecule has 0 aromatic heterocycles. The summed E-state index contributed by atoms with van der Waals surface area (Å²) in [5, 5.41) is 8.54. The Bertz CT molecular complexity index is 2050. The van der Waals surface area contributed by atoms with E-state index in [0.717, 1.165) is 51.6 Å². The van der Waals surface area contributed by atoms with Crippen molar-refractivity contribution >= 4 is 28.3 Å². The molecule has 0 spiro atoms. The van der Waals surface area contributed by atoms with E-state index in [4.69, 9.17) is 18.9 Å². The lowest BCUT2D eigenvalue weighted by molar-refractivity contribution is -0.133. The standard InChI is InChI=1S/C42H49N3O7/c1-24(2)21-34(42(48)45-20-10-13-35(45)28-16-19-37(49-4)29-12-9-8-11-27(28)29)44-33-18-15-30-31(23-36(33)47)32(43-25(3)46)17-14-26-22-38(50-5)40(51-6)41(52-7)39(26)30/h8-9,11-12,15-16,18-19,22-24,32,34-35H,10,13-14,17,20-21H2,1-7H3,(H,43,46)(H,44,47)/t32-,34-,35?/m0/s1. The van der Waals surface area contributed by atoms with E-state index in [0.29, 0.717) is 54.3 Å². The van der Waals surface area contributed by atoms with Crippen molar-refractivity contribution in [3.63, 3.8) is 0 Å². The van der Waals surface area contributed by atoms with E-state index in [1.54, 1.807) is 40.6 Å². The fourth-order valence-corrected chi connectivity index (χ4v) is 8.02.